The maximum atomic E-state index is 12.7. The number of ether oxygens (including phenoxy) is 1. The SMILES string of the molecule is COc1ccc([C@H](NC(=O)c2ccnc(N(C)C)c2)C2CC2)cc1. The second-order valence-electron chi connectivity index (χ2n) is 6.36. The third-order valence-corrected chi connectivity index (χ3v) is 4.32. The van der Waals surface area contributed by atoms with Crippen molar-refractivity contribution in [3.63, 3.8) is 0 Å². The highest BCUT2D eigenvalue weighted by Gasteiger charge is 2.33. The number of hydrogen-bond donors (Lipinski definition) is 1. The second-order valence-corrected chi connectivity index (χ2v) is 6.36. The fraction of sp³-hybridized carbons (Fsp3) is 0.368. The third-order valence-electron chi connectivity index (χ3n) is 4.32. The fourth-order valence-electron chi connectivity index (χ4n) is 2.74. The molecule has 1 atom stereocenters. The Labute approximate surface area is 142 Å². The van der Waals surface area contributed by atoms with E-state index in [1.807, 2.05) is 49.3 Å². The topological polar surface area (TPSA) is 54.5 Å². The summed E-state index contributed by atoms with van der Waals surface area (Å²) >= 11 is 0. The summed E-state index contributed by atoms with van der Waals surface area (Å²) in [6.45, 7) is 0. The minimum absolute atomic E-state index is 0.0411. The molecule has 0 spiro atoms. The van der Waals surface area contributed by atoms with Crippen LogP contribution in [0.3, 0.4) is 0 Å². The van der Waals surface area contributed by atoms with Crippen LogP contribution in [-0.2, 0) is 0 Å². The quantitative estimate of drug-likeness (QED) is 0.887. The Hall–Kier alpha value is -2.56. The molecule has 1 aromatic heterocycles. The summed E-state index contributed by atoms with van der Waals surface area (Å²) in [7, 11) is 5.48. The number of methoxy groups -OCH3 is 1. The van der Waals surface area contributed by atoms with Crippen LogP contribution in [0.1, 0.15) is 34.8 Å². The molecule has 1 aromatic carbocycles. The molecule has 0 saturated heterocycles. The average Bonchev–Trinajstić information content (AvgIpc) is 3.44. The molecule has 2 aromatic rings. The molecule has 1 aliphatic rings. The first-order valence-corrected chi connectivity index (χ1v) is 8.16. The molecule has 1 N–H and O–H groups in total. The smallest absolute Gasteiger partial charge is 0.251 e. The second kappa shape index (κ2) is 6.91. The number of aromatic nitrogens is 1. The van der Waals surface area contributed by atoms with Crippen LogP contribution in [-0.4, -0.2) is 32.1 Å². The van der Waals surface area contributed by atoms with E-state index < -0.39 is 0 Å². The van der Waals surface area contributed by atoms with Gasteiger partial charge in [-0.2, -0.15) is 0 Å². The van der Waals surface area contributed by atoms with E-state index in [0.717, 1.165) is 30.0 Å². The minimum atomic E-state index is -0.0618. The van der Waals surface area contributed by atoms with Gasteiger partial charge < -0.3 is 15.0 Å². The first kappa shape index (κ1) is 16.3. The molecule has 1 aliphatic carbocycles. The summed E-state index contributed by atoms with van der Waals surface area (Å²) in [5.41, 5.74) is 1.75. The largest absolute Gasteiger partial charge is 0.497 e. The van der Waals surface area contributed by atoms with Crippen LogP contribution in [0.15, 0.2) is 42.6 Å². The maximum absolute atomic E-state index is 12.7. The Morgan fingerprint density at radius 3 is 2.54 bits per heavy atom. The Balaban J connectivity index is 1.78. The summed E-state index contributed by atoms with van der Waals surface area (Å²) in [5, 5.41) is 3.19. The lowest BCUT2D eigenvalue weighted by Gasteiger charge is -2.20. The number of carbonyl (C=O) groups is 1. The number of carbonyl (C=O) groups excluding carboxylic acids is 1. The van der Waals surface area contributed by atoms with E-state index in [0.29, 0.717) is 11.5 Å². The van der Waals surface area contributed by atoms with Crippen molar-refractivity contribution < 1.29 is 9.53 Å². The standard InChI is InChI=1S/C19H23N3O2/c1-22(2)17-12-15(10-11-20-17)19(23)21-18(13-4-5-13)14-6-8-16(24-3)9-7-14/h6-13,18H,4-5H2,1-3H3,(H,21,23)/t18-/m1/s1. The highest BCUT2D eigenvalue weighted by Crippen LogP contribution is 2.41. The Morgan fingerprint density at radius 2 is 1.96 bits per heavy atom. The lowest BCUT2D eigenvalue weighted by Crippen LogP contribution is -2.30. The summed E-state index contributed by atoms with van der Waals surface area (Å²) < 4.78 is 5.21. The number of hydrogen-bond acceptors (Lipinski definition) is 4. The molecule has 3 rings (SSSR count). The molecule has 1 saturated carbocycles. The van der Waals surface area contributed by atoms with Gasteiger partial charge in [-0.05, 0) is 48.6 Å². The van der Waals surface area contributed by atoms with E-state index in [1.54, 1.807) is 19.4 Å². The Kier molecular flexibility index (Phi) is 4.69. The third kappa shape index (κ3) is 3.67. The lowest BCUT2D eigenvalue weighted by molar-refractivity contribution is 0.0931. The van der Waals surface area contributed by atoms with Gasteiger partial charge in [0, 0.05) is 25.9 Å². The molecular formula is C19H23N3O2. The molecule has 1 heterocycles. The van der Waals surface area contributed by atoms with Crippen molar-refractivity contribution in [1.82, 2.24) is 10.3 Å². The van der Waals surface area contributed by atoms with Crippen LogP contribution in [0.25, 0.3) is 0 Å². The fourth-order valence-corrected chi connectivity index (χ4v) is 2.74. The molecule has 1 fully saturated rings. The summed E-state index contributed by atoms with van der Waals surface area (Å²) in [5.74, 6) is 2.05. The van der Waals surface area contributed by atoms with Gasteiger partial charge in [0.25, 0.3) is 5.91 Å². The lowest BCUT2D eigenvalue weighted by atomic mass is 10.0. The van der Waals surface area contributed by atoms with Crippen molar-refractivity contribution in [1.29, 1.82) is 0 Å². The van der Waals surface area contributed by atoms with Gasteiger partial charge in [-0.3, -0.25) is 4.79 Å². The molecule has 5 heteroatoms. The van der Waals surface area contributed by atoms with Crippen LogP contribution in [0, 0.1) is 5.92 Å². The van der Waals surface area contributed by atoms with Crippen molar-refractivity contribution in [3.05, 3.63) is 53.7 Å². The molecule has 0 bridgehead atoms. The van der Waals surface area contributed by atoms with Crippen LogP contribution in [0.2, 0.25) is 0 Å². The molecule has 24 heavy (non-hydrogen) atoms. The summed E-state index contributed by atoms with van der Waals surface area (Å²) in [6.07, 6.45) is 3.97. The van der Waals surface area contributed by atoms with Crippen molar-refractivity contribution in [3.8, 4) is 5.75 Å². The molecule has 0 unspecified atom stereocenters. The number of amides is 1. The van der Waals surface area contributed by atoms with Crippen molar-refractivity contribution in [2.24, 2.45) is 5.92 Å². The Bertz CT molecular complexity index is 709. The summed E-state index contributed by atoms with van der Waals surface area (Å²) in [4.78, 5) is 18.8. The predicted molar refractivity (Wildman–Crippen MR) is 94.5 cm³/mol. The zero-order chi connectivity index (χ0) is 17.1. The number of pyridine rings is 1. The van der Waals surface area contributed by atoms with Crippen LogP contribution < -0.4 is 15.0 Å². The van der Waals surface area contributed by atoms with E-state index in [4.69, 9.17) is 4.74 Å². The van der Waals surface area contributed by atoms with Gasteiger partial charge in [-0.25, -0.2) is 4.98 Å². The number of anilines is 1. The molecule has 0 aliphatic heterocycles. The van der Waals surface area contributed by atoms with E-state index in [2.05, 4.69) is 10.3 Å². The van der Waals surface area contributed by atoms with E-state index in [1.165, 1.54) is 0 Å². The van der Waals surface area contributed by atoms with Gasteiger partial charge in [0.15, 0.2) is 0 Å². The monoisotopic (exact) mass is 325 g/mol. The molecule has 126 valence electrons. The number of rotatable bonds is 6. The van der Waals surface area contributed by atoms with Crippen molar-refractivity contribution in [2.45, 2.75) is 18.9 Å². The predicted octanol–water partition coefficient (Wildman–Crippen LogP) is 3.04. The Morgan fingerprint density at radius 1 is 1.25 bits per heavy atom. The molecular weight excluding hydrogens is 302 g/mol. The maximum Gasteiger partial charge on any atom is 0.251 e. The summed E-state index contributed by atoms with van der Waals surface area (Å²) in [6, 6.07) is 11.5. The van der Waals surface area contributed by atoms with Gasteiger partial charge in [0.1, 0.15) is 11.6 Å². The number of nitrogens with zero attached hydrogens (tertiary/aromatic N) is 2. The first-order valence-electron chi connectivity index (χ1n) is 8.16. The molecule has 5 nitrogen and oxygen atoms in total. The zero-order valence-corrected chi connectivity index (χ0v) is 14.3. The highest BCUT2D eigenvalue weighted by atomic mass is 16.5. The first-order chi connectivity index (χ1) is 11.6. The van der Waals surface area contributed by atoms with E-state index >= 15 is 0 Å². The molecule has 1 amide bonds. The van der Waals surface area contributed by atoms with Crippen molar-refractivity contribution in [2.75, 3.05) is 26.1 Å². The highest BCUT2D eigenvalue weighted by molar-refractivity contribution is 5.95. The number of nitrogens with one attached hydrogen (secondary N) is 1. The van der Waals surface area contributed by atoms with Crippen LogP contribution >= 0.6 is 0 Å². The van der Waals surface area contributed by atoms with Gasteiger partial charge in [-0.15, -0.1) is 0 Å². The minimum Gasteiger partial charge on any atom is -0.497 e. The van der Waals surface area contributed by atoms with E-state index in [-0.39, 0.29) is 11.9 Å². The van der Waals surface area contributed by atoms with Gasteiger partial charge in [-0.1, -0.05) is 12.1 Å². The van der Waals surface area contributed by atoms with Crippen molar-refractivity contribution >= 4 is 11.7 Å². The van der Waals surface area contributed by atoms with E-state index in [9.17, 15) is 4.79 Å². The van der Waals surface area contributed by atoms with Crippen LogP contribution in [0.4, 0.5) is 5.82 Å². The normalized spacial score (nSPS) is 14.8. The molecule has 0 radical (unpaired) electrons. The van der Waals surface area contributed by atoms with Gasteiger partial charge in [0.2, 0.25) is 0 Å². The van der Waals surface area contributed by atoms with Gasteiger partial charge >= 0.3 is 0 Å². The van der Waals surface area contributed by atoms with Gasteiger partial charge in [0.05, 0.1) is 13.2 Å². The average molecular weight is 325 g/mol. The van der Waals surface area contributed by atoms with Crippen LogP contribution in [0.5, 0.6) is 5.75 Å². The zero-order valence-electron chi connectivity index (χ0n) is 14.3. The number of benzene rings is 1.